The average molecular weight is 263 g/mol. The number of rotatable bonds is 3. The maximum absolute atomic E-state index is 11.3. The van der Waals surface area contributed by atoms with Crippen LogP contribution >= 0.6 is 0 Å². The molecule has 1 heterocycles. The van der Waals surface area contributed by atoms with Crippen LogP contribution in [0.15, 0.2) is 12.1 Å². The minimum atomic E-state index is -0.276. The smallest absolute Gasteiger partial charge is 0.262 e. The Kier molecular flexibility index (Phi) is 2.74. The highest BCUT2D eigenvalue weighted by Crippen LogP contribution is 2.40. The van der Waals surface area contributed by atoms with Crippen molar-refractivity contribution in [3.63, 3.8) is 0 Å². The molecular weight excluding hydrogens is 246 g/mol. The number of carbonyl (C=O) groups excluding carboxylic acids is 1. The second-order valence-electron chi connectivity index (χ2n) is 5.19. The molecule has 5 N–H and O–H groups in total. The molecule has 102 valence electrons. The molecule has 1 saturated carbocycles. The van der Waals surface area contributed by atoms with E-state index in [1.807, 2.05) is 0 Å². The molecule has 0 spiro atoms. The first kappa shape index (κ1) is 12.1. The number of benzene rings is 1. The van der Waals surface area contributed by atoms with Gasteiger partial charge in [0.25, 0.3) is 5.91 Å². The Labute approximate surface area is 110 Å². The first-order chi connectivity index (χ1) is 9.12. The van der Waals surface area contributed by atoms with Gasteiger partial charge in [-0.2, -0.15) is 0 Å². The molecule has 1 aliphatic heterocycles. The predicted molar refractivity (Wildman–Crippen MR) is 72.3 cm³/mol. The van der Waals surface area contributed by atoms with Crippen LogP contribution in [0.2, 0.25) is 0 Å². The Morgan fingerprint density at radius 3 is 2.89 bits per heavy atom. The maximum Gasteiger partial charge on any atom is 0.262 e. The number of ether oxygens (including phenoxy) is 1. The highest BCUT2D eigenvalue weighted by molar-refractivity contribution is 5.97. The number of nitrogen functional groups attached to an aromatic ring is 1. The molecule has 0 unspecified atom stereocenters. The monoisotopic (exact) mass is 263 g/mol. The number of nitrogens with two attached hydrogens (primary N) is 1. The molecule has 0 saturated heterocycles. The van der Waals surface area contributed by atoms with Crippen molar-refractivity contribution in [1.29, 1.82) is 0 Å². The molecule has 1 aromatic carbocycles. The van der Waals surface area contributed by atoms with Gasteiger partial charge in [0.1, 0.15) is 5.75 Å². The Hall–Kier alpha value is -1.95. The molecule has 0 atom stereocenters. The van der Waals surface area contributed by atoms with Gasteiger partial charge in [-0.25, -0.2) is 0 Å². The number of fused-ring (bicyclic) bond motifs is 1. The van der Waals surface area contributed by atoms with Gasteiger partial charge in [-0.05, 0) is 25.3 Å². The third-order valence-electron chi connectivity index (χ3n) is 3.80. The summed E-state index contributed by atoms with van der Waals surface area (Å²) in [6, 6.07) is 3.46. The molecule has 0 radical (unpaired) electrons. The van der Waals surface area contributed by atoms with Crippen LogP contribution in [0.3, 0.4) is 0 Å². The summed E-state index contributed by atoms with van der Waals surface area (Å²) in [6.45, 7) is 0.0895. The van der Waals surface area contributed by atoms with Crippen molar-refractivity contribution in [1.82, 2.24) is 0 Å². The molecule has 3 rings (SSSR count). The Bertz CT molecular complexity index is 521. The molecule has 1 amide bonds. The number of anilines is 3. The van der Waals surface area contributed by atoms with Crippen LogP contribution in [0.25, 0.3) is 0 Å². The fraction of sp³-hybridized carbons (Fsp3) is 0.462. The lowest BCUT2D eigenvalue weighted by atomic mass is 9.77. The molecule has 6 nitrogen and oxygen atoms in total. The van der Waals surface area contributed by atoms with E-state index in [2.05, 4.69) is 10.6 Å². The van der Waals surface area contributed by atoms with Gasteiger partial charge in [0, 0.05) is 6.07 Å². The minimum Gasteiger partial charge on any atom is -0.482 e. The van der Waals surface area contributed by atoms with Crippen molar-refractivity contribution in [3.05, 3.63) is 12.1 Å². The van der Waals surface area contributed by atoms with E-state index in [9.17, 15) is 9.90 Å². The molecule has 0 bridgehead atoms. The number of hydrogen-bond donors (Lipinski definition) is 4. The van der Waals surface area contributed by atoms with Crippen molar-refractivity contribution in [2.75, 3.05) is 29.6 Å². The largest absolute Gasteiger partial charge is 0.482 e. The molecule has 1 fully saturated rings. The highest BCUT2D eigenvalue weighted by Gasteiger charge is 2.36. The first-order valence-electron chi connectivity index (χ1n) is 6.37. The molecule has 0 aromatic heterocycles. The summed E-state index contributed by atoms with van der Waals surface area (Å²) in [5.41, 5.74) is 7.59. The molecule has 1 aromatic rings. The van der Waals surface area contributed by atoms with Crippen molar-refractivity contribution >= 4 is 23.0 Å². The predicted octanol–water partition coefficient (Wildman–Crippen LogP) is 0.927. The zero-order chi connectivity index (χ0) is 13.5. The van der Waals surface area contributed by atoms with Crippen LogP contribution in [-0.4, -0.2) is 29.8 Å². The van der Waals surface area contributed by atoms with Gasteiger partial charge in [0.2, 0.25) is 0 Å². The summed E-state index contributed by atoms with van der Waals surface area (Å²) < 4.78 is 5.30. The summed E-state index contributed by atoms with van der Waals surface area (Å²) in [4.78, 5) is 11.3. The van der Waals surface area contributed by atoms with Crippen LogP contribution in [0.4, 0.5) is 17.1 Å². The summed E-state index contributed by atoms with van der Waals surface area (Å²) >= 11 is 0. The van der Waals surface area contributed by atoms with Gasteiger partial charge in [0.05, 0.1) is 29.2 Å². The third kappa shape index (κ3) is 2.08. The lowest BCUT2D eigenvalue weighted by Crippen LogP contribution is -2.48. The second kappa shape index (κ2) is 4.31. The molecule has 6 heteroatoms. The van der Waals surface area contributed by atoms with Crippen molar-refractivity contribution in [2.45, 2.75) is 24.8 Å². The van der Waals surface area contributed by atoms with Gasteiger partial charge in [0.15, 0.2) is 6.61 Å². The first-order valence-corrected chi connectivity index (χ1v) is 6.37. The summed E-state index contributed by atoms with van der Waals surface area (Å²) in [6.07, 6.45) is 2.93. The van der Waals surface area contributed by atoms with Crippen LogP contribution in [0.1, 0.15) is 19.3 Å². The van der Waals surface area contributed by atoms with Gasteiger partial charge >= 0.3 is 0 Å². The number of amides is 1. The van der Waals surface area contributed by atoms with Crippen molar-refractivity contribution in [2.24, 2.45) is 0 Å². The van der Waals surface area contributed by atoms with Gasteiger partial charge in [-0.15, -0.1) is 0 Å². The zero-order valence-electron chi connectivity index (χ0n) is 10.5. The average Bonchev–Trinajstić information content (AvgIpc) is 2.35. The van der Waals surface area contributed by atoms with E-state index in [0.717, 1.165) is 24.9 Å². The molecule has 2 aliphatic rings. The van der Waals surface area contributed by atoms with Gasteiger partial charge in [-0.3, -0.25) is 4.79 Å². The van der Waals surface area contributed by atoms with Crippen LogP contribution in [0.5, 0.6) is 5.75 Å². The minimum absolute atomic E-state index is 0.0137. The normalized spacial score (nSPS) is 19.7. The van der Waals surface area contributed by atoms with E-state index < -0.39 is 0 Å². The van der Waals surface area contributed by atoms with E-state index >= 15 is 0 Å². The number of carbonyl (C=O) groups is 1. The summed E-state index contributed by atoms with van der Waals surface area (Å²) in [5.74, 6) is 0.401. The quantitative estimate of drug-likeness (QED) is 0.608. The van der Waals surface area contributed by atoms with Crippen molar-refractivity contribution < 1.29 is 14.6 Å². The number of aliphatic hydroxyl groups excluding tert-OH is 1. The van der Waals surface area contributed by atoms with Gasteiger partial charge in [-0.1, -0.05) is 0 Å². The van der Waals surface area contributed by atoms with Crippen LogP contribution in [-0.2, 0) is 4.79 Å². The number of hydrogen-bond acceptors (Lipinski definition) is 5. The van der Waals surface area contributed by atoms with E-state index in [1.54, 1.807) is 12.1 Å². The lowest BCUT2D eigenvalue weighted by molar-refractivity contribution is -0.118. The molecule has 19 heavy (non-hydrogen) atoms. The number of aliphatic hydroxyl groups is 1. The van der Waals surface area contributed by atoms with E-state index in [0.29, 0.717) is 17.1 Å². The molecular formula is C13H17N3O3. The van der Waals surface area contributed by atoms with Crippen LogP contribution in [0, 0.1) is 0 Å². The van der Waals surface area contributed by atoms with Gasteiger partial charge < -0.3 is 26.2 Å². The summed E-state index contributed by atoms with van der Waals surface area (Å²) in [7, 11) is 0. The highest BCUT2D eigenvalue weighted by atomic mass is 16.5. The SMILES string of the molecule is Nc1cc2c(cc1NC1(CO)CCC1)NC(=O)CO2. The summed E-state index contributed by atoms with van der Waals surface area (Å²) in [5, 5.41) is 15.5. The van der Waals surface area contributed by atoms with Crippen LogP contribution < -0.4 is 21.1 Å². The lowest BCUT2D eigenvalue weighted by Gasteiger charge is -2.42. The Morgan fingerprint density at radius 1 is 1.47 bits per heavy atom. The fourth-order valence-electron chi connectivity index (χ4n) is 2.46. The Morgan fingerprint density at radius 2 is 2.26 bits per heavy atom. The molecule has 1 aliphatic carbocycles. The third-order valence-corrected chi connectivity index (χ3v) is 3.80. The number of nitrogens with one attached hydrogen (secondary N) is 2. The zero-order valence-corrected chi connectivity index (χ0v) is 10.5. The second-order valence-corrected chi connectivity index (χ2v) is 5.19. The topological polar surface area (TPSA) is 96.6 Å². The van der Waals surface area contributed by atoms with E-state index in [4.69, 9.17) is 10.5 Å². The maximum atomic E-state index is 11.3. The van der Waals surface area contributed by atoms with E-state index in [-0.39, 0.29) is 24.7 Å². The van der Waals surface area contributed by atoms with E-state index in [1.165, 1.54) is 0 Å². The Balaban J connectivity index is 1.89. The van der Waals surface area contributed by atoms with Crippen molar-refractivity contribution in [3.8, 4) is 5.75 Å². The standard InChI is InChI=1S/C13H17N3O3/c14-8-4-11-10(15-12(18)6-19-11)5-9(8)16-13(7-17)2-1-3-13/h4-5,16-17H,1-3,6-7,14H2,(H,15,18). The fourth-order valence-corrected chi connectivity index (χ4v) is 2.46.